The third-order valence-electron chi connectivity index (χ3n) is 3.53. The minimum atomic E-state index is -0.133. The summed E-state index contributed by atoms with van der Waals surface area (Å²) in [5, 5.41) is 12.8. The first-order valence-electron chi connectivity index (χ1n) is 7.36. The molecule has 0 radical (unpaired) electrons. The van der Waals surface area contributed by atoms with Crippen LogP contribution in [0.1, 0.15) is 33.1 Å². The third-order valence-corrected chi connectivity index (χ3v) is 3.53. The number of pyridine rings is 1. The summed E-state index contributed by atoms with van der Waals surface area (Å²) in [6, 6.07) is 3.68. The molecule has 2 rings (SSSR count). The van der Waals surface area contributed by atoms with Gasteiger partial charge in [-0.3, -0.25) is 0 Å². The Bertz CT molecular complexity index is 437. The summed E-state index contributed by atoms with van der Waals surface area (Å²) in [5.41, 5.74) is 6.43. The van der Waals surface area contributed by atoms with Crippen molar-refractivity contribution in [1.29, 1.82) is 0 Å². The van der Waals surface area contributed by atoms with Gasteiger partial charge in [0.25, 0.3) is 0 Å². The van der Waals surface area contributed by atoms with E-state index < -0.39 is 0 Å². The van der Waals surface area contributed by atoms with E-state index in [1.54, 1.807) is 0 Å². The number of aromatic nitrogens is 1. The first kappa shape index (κ1) is 14.9. The summed E-state index contributed by atoms with van der Waals surface area (Å²) in [6.07, 6.45) is 2.72. The fourth-order valence-corrected chi connectivity index (χ4v) is 2.39. The van der Waals surface area contributed by atoms with Crippen LogP contribution in [0, 0.1) is 11.8 Å². The predicted molar refractivity (Wildman–Crippen MR) is 80.8 cm³/mol. The molecule has 5 heteroatoms. The second-order valence-corrected chi connectivity index (χ2v) is 6.01. The largest absolute Gasteiger partial charge is 0.476 e. The maximum absolute atomic E-state index is 9.52. The van der Waals surface area contributed by atoms with Crippen molar-refractivity contribution in [2.24, 2.45) is 11.8 Å². The maximum atomic E-state index is 9.52. The highest BCUT2D eigenvalue weighted by Crippen LogP contribution is 2.26. The van der Waals surface area contributed by atoms with Crippen LogP contribution in [0.25, 0.3) is 0 Å². The lowest BCUT2D eigenvalue weighted by Gasteiger charge is -2.14. The fourth-order valence-electron chi connectivity index (χ4n) is 2.39. The van der Waals surface area contributed by atoms with Crippen LogP contribution in [-0.2, 0) is 0 Å². The summed E-state index contributed by atoms with van der Waals surface area (Å²) in [5.74, 6) is 2.23. The van der Waals surface area contributed by atoms with E-state index in [4.69, 9.17) is 10.5 Å². The van der Waals surface area contributed by atoms with Crippen LogP contribution in [0.4, 0.5) is 11.5 Å². The molecule has 0 aliphatic heterocycles. The number of nitrogens with one attached hydrogen (secondary N) is 1. The average molecular weight is 279 g/mol. The summed E-state index contributed by atoms with van der Waals surface area (Å²) >= 11 is 0. The van der Waals surface area contributed by atoms with E-state index in [9.17, 15) is 5.11 Å². The van der Waals surface area contributed by atoms with Gasteiger partial charge < -0.3 is 20.9 Å². The van der Waals surface area contributed by atoms with Crippen molar-refractivity contribution in [2.45, 2.75) is 39.2 Å². The van der Waals surface area contributed by atoms with E-state index in [1.807, 2.05) is 12.1 Å². The number of nitrogen functional groups attached to an aromatic ring is 1. The average Bonchev–Trinajstić information content (AvgIpc) is 2.82. The zero-order valence-electron chi connectivity index (χ0n) is 12.3. The van der Waals surface area contributed by atoms with Gasteiger partial charge in [0.2, 0.25) is 5.88 Å². The molecule has 5 nitrogen and oxygen atoms in total. The molecule has 0 spiro atoms. The number of hydrogen-bond acceptors (Lipinski definition) is 5. The van der Waals surface area contributed by atoms with Crippen molar-refractivity contribution in [3.63, 3.8) is 0 Å². The molecule has 0 amide bonds. The lowest BCUT2D eigenvalue weighted by Crippen LogP contribution is -2.14. The van der Waals surface area contributed by atoms with E-state index in [-0.39, 0.29) is 6.10 Å². The predicted octanol–water partition coefficient (Wildman–Crippen LogP) is 2.27. The molecule has 2 atom stereocenters. The van der Waals surface area contributed by atoms with Crippen molar-refractivity contribution in [3.8, 4) is 5.88 Å². The SMILES string of the molecule is CC(C)COc1nc(NCC2CCC(O)C2)ccc1N. The van der Waals surface area contributed by atoms with Crippen molar-refractivity contribution >= 4 is 11.5 Å². The molecule has 0 aromatic carbocycles. The van der Waals surface area contributed by atoms with Crippen molar-refractivity contribution < 1.29 is 9.84 Å². The van der Waals surface area contributed by atoms with Gasteiger partial charge in [-0.05, 0) is 43.2 Å². The number of aliphatic hydroxyl groups excluding tert-OH is 1. The molecule has 20 heavy (non-hydrogen) atoms. The van der Waals surface area contributed by atoms with Gasteiger partial charge >= 0.3 is 0 Å². The van der Waals surface area contributed by atoms with E-state index in [2.05, 4.69) is 24.1 Å². The molecule has 1 saturated carbocycles. The standard InChI is InChI=1S/C15H25N3O2/c1-10(2)9-20-15-13(16)5-6-14(18-15)17-8-11-3-4-12(19)7-11/h5-6,10-12,19H,3-4,7-9,16H2,1-2H3,(H,17,18). The quantitative estimate of drug-likeness (QED) is 0.744. The van der Waals surface area contributed by atoms with E-state index in [0.717, 1.165) is 31.6 Å². The molecule has 1 aliphatic rings. The second kappa shape index (κ2) is 6.79. The van der Waals surface area contributed by atoms with Crippen LogP contribution in [-0.4, -0.2) is 29.3 Å². The van der Waals surface area contributed by atoms with Crippen LogP contribution >= 0.6 is 0 Å². The number of hydrogen-bond donors (Lipinski definition) is 3. The monoisotopic (exact) mass is 279 g/mol. The minimum Gasteiger partial charge on any atom is -0.476 e. The lowest BCUT2D eigenvalue weighted by molar-refractivity contribution is 0.178. The Hall–Kier alpha value is -1.49. The number of rotatable bonds is 6. The zero-order valence-corrected chi connectivity index (χ0v) is 12.3. The molecule has 1 fully saturated rings. The third kappa shape index (κ3) is 4.27. The molecular weight excluding hydrogens is 254 g/mol. The van der Waals surface area contributed by atoms with Crippen LogP contribution in [0.3, 0.4) is 0 Å². The van der Waals surface area contributed by atoms with Gasteiger partial charge in [0.05, 0.1) is 18.4 Å². The number of aliphatic hydroxyl groups is 1. The second-order valence-electron chi connectivity index (χ2n) is 6.01. The summed E-state index contributed by atoms with van der Waals surface area (Å²) in [6.45, 7) is 5.61. The zero-order chi connectivity index (χ0) is 14.5. The van der Waals surface area contributed by atoms with E-state index in [0.29, 0.717) is 30.0 Å². The highest BCUT2D eigenvalue weighted by Gasteiger charge is 2.22. The number of nitrogens with two attached hydrogens (primary N) is 1. The van der Waals surface area contributed by atoms with Crippen LogP contribution in [0.2, 0.25) is 0 Å². The Kier molecular flexibility index (Phi) is 5.06. The van der Waals surface area contributed by atoms with Gasteiger partial charge in [0, 0.05) is 6.54 Å². The summed E-state index contributed by atoms with van der Waals surface area (Å²) in [4.78, 5) is 4.40. The molecule has 1 aromatic rings. The van der Waals surface area contributed by atoms with Crippen LogP contribution in [0.5, 0.6) is 5.88 Å². The van der Waals surface area contributed by atoms with Gasteiger partial charge in [-0.1, -0.05) is 13.8 Å². The molecule has 4 N–H and O–H groups in total. The topological polar surface area (TPSA) is 80.4 Å². The molecule has 112 valence electrons. The summed E-state index contributed by atoms with van der Waals surface area (Å²) < 4.78 is 5.61. The first-order valence-corrected chi connectivity index (χ1v) is 7.36. The molecule has 0 bridgehead atoms. The molecule has 1 aliphatic carbocycles. The van der Waals surface area contributed by atoms with Crippen molar-refractivity contribution in [2.75, 3.05) is 24.2 Å². The van der Waals surface area contributed by atoms with Gasteiger partial charge in [-0.15, -0.1) is 0 Å². The Balaban J connectivity index is 1.89. The van der Waals surface area contributed by atoms with Crippen molar-refractivity contribution in [3.05, 3.63) is 12.1 Å². The van der Waals surface area contributed by atoms with Crippen molar-refractivity contribution in [1.82, 2.24) is 4.98 Å². The number of anilines is 2. The normalized spacial score (nSPS) is 22.2. The van der Waals surface area contributed by atoms with E-state index in [1.165, 1.54) is 0 Å². The highest BCUT2D eigenvalue weighted by atomic mass is 16.5. The minimum absolute atomic E-state index is 0.133. The highest BCUT2D eigenvalue weighted by molar-refractivity contribution is 5.53. The summed E-state index contributed by atoms with van der Waals surface area (Å²) in [7, 11) is 0. The smallest absolute Gasteiger partial charge is 0.239 e. The molecular formula is C15H25N3O2. The van der Waals surface area contributed by atoms with Gasteiger partial charge in [-0.2, -0.15) is 4.98 Å². The van der Waals surface area contributed by atoms with E-state index >= 15 is 0 Å². The maximum Gasteiger partial charge on any atom is 0.239 e. The number of ether oxygens (including phenoxy) is 1. The Morgan fingerprint density at radius 2 is 2.25 bits per heavy atom. The molecule has 1 aromatic heterocycles. The van der Waals surface area contributed by atoms with Gasteiger partial charge in [-0.25, -0.2) is 0 Å². The lowest BCUT2D eigenvalue weighted by atomic mass is 10.1. The fraction of sp³-hybridized carbons (Fsp3) is 0.667. The Labute approximate surface area is 120 Å². The van der Waals surface area contributed by atoms with Gasteiger partial charge in [0.1, 0.15) is 5.82 Å². The van der Waals surface area contributed by atoms with Crippen LogP contribution in [0.15, 0.2) is 12.1 Å². The Morgan fingerprint density at radius 3 is 2.90 bits per heavy atom. The number of nitrogens with zero attached hydrogens (tertiary/aromatic N) is 1. The Morgan fingerprint density at radius 1 is 1.45 bits per heavy atom. The van der Waals surface area contributed by atoms with Crippen LogP contribution < -0.4 is 15.8 Å². The molecule has 0 saturated heterocycles. The molecule has 2 unspecified atom stereocenters. The van der Waals surface area contributed by atoms with Gasteiger partial charge in [0.15, 0.2) is 0 Å². The molecule has 1 heterocycles. The first-order chi connectivity index (χ1) is 9.54.